The minimum atomic E-state index is -0.564. The first-order valence-corrected chi connectivity index (χ1v) is 8.43. The van der Waals surface area contributed by atoms with Gasteiger partial charge in [0.05, 0.1) is 4.92 Å². The third kappa shape index (κ3) is 4.95. The summed E-state index contributed by atoms with van der Waals surface area (Å²) in [5.74, 6) is 0.213. The second-order valence-corrected chi connectivity index (χ2v) is 7.39. The molecule has 6 nitrogen and oxygen atoms in total. The van der Waals surface area contributed by atoms with E-state index in [0.717, 1.165) is 0 Å². The molecular formula is C19H21ClN2O4. The van der Waals surface area contributed by atoms with Crippen molar-refractivity contribution in [1.82, 2.24) is 0 Å². The van der Waals surface area contributed by atoms with Gasteiger partial charge >= 0.3 is 0 Å². The van der Waals surface area contributed by atoms with E-state index in [4.69, 9.17) is 16.3 Å². The van der Waals surface area contributed by atoms with E-state index in [2.05, 4.69) is 26.1 Å². The molecule has 0 aromatic heterocycles. The van der Waals surface area contributed by atoms with E-state index < -0.39 is 4.92 Å². The lowest BCUT2D eigenvalue weighted by Gasteiger charge is -2.19. The van der Waals surface area contributed by atoms with Crippen molar-refractivity contribution < 1.29 is 14.5 Å². The Balaban J connectivity index is 1.99. The van der Waals surface area contributed by atoms with Gasteiger partial charge in [0, 0.05) is 11.8 Å². The van der Waals surface area contributed by atoms with Crippen molar-refractivity contribution in [3.63, 3.8) is 0 Å². The first kappa shape index (κ1) is 19.7. The number of benzene rings is 2. The van der Waals surface area contributed by atoms with E-state index in [0.29, 0.717) is 17.0 Å². The van der Waals surface area contributed by atoms with Crippen LogP contribution in [0.4, 0.5) is 11.4 Å². The van der Waals surface area contributed by atoms with Gasteiger partial charge in [-0.1, -0.05) is 44.5 Å². The Kier molecular flexibility index (Phi) is 5.87. The summed E-state index contributed by atoms with van der Waals surface area (Å²) >= 11 is 5.88. The molecule has 0 saturated heterocycles. The molecule has 2 aromatic rings. The van der Waals surface area contributed by atoms with Crippen LogP contribution in [0, 0.1) is 17.0 Å². The molecule has 0 spiro atoms. The van der Waals surface area contributed by atoms with E-state index in [1.807, 2.05) is 24.3 Å². The van der Waals surface area contributed by atoms with Crippen molar-refractivity contribution in [2.45, 2.75) is 33.1 Å². The Labute approximate surface area is 157 Å². The lowest BCUT2D eigenvalue weighted by molar-refractivity contribution is -0.384. The number of aryl methyl sites for hydroxylation is 1. The van der Waals surface area contributed by atoms with Gasteiger partial charge in [0.15, 0.2) is 6.61 Å². The molecular weight excluding hydrogens is 356 g/mol. The number of anilines is 1. The van der Waals surface area contributed by atoms with Crippen molar-refractivity contribution in [1.29, 1.82) is 0 Å². The summed E-state index contributed by atoms with van der Waals surface area (Å²) < 4.78 is 5.49. The molecule has 0 aliphatic carbocycles. The summed E-state index contributed by atoms with van der Waals surface area (Å²) in [5, 5.41) is 13.5. The second-order valence-electron chi connectivity index (χ2n) is 6.99. The van der Waals surface area contributed by atoms with Gasteiger partial charge in [-0.2, -0.15) is 0 Å². The van der Waals surface area contributed by atoms with Crippen molar-refractivity contribution in [3.8, 4) is 5.75 Å². The number of nitrogens with one attached hydrogen (secondary N) is 1. The number of carbonyl (C=O) groups is 1. The summed E-state index contributed by atoms with van der Waals surface area (Å²) in [5.41, 5.74) is 1.98. The van der Waals surface area contributed by atoms with Gasteiger partial charge in [0.25, 0.3) is 11.6 Å². The van der Waals surface area contributed by atoms with Crippen LogP contribution in [0.3, 0.4) is 0 Å². The zero-order valence-electron chi connectivity index (χ0n) is 15.1. The first-order valence-electron chi connectivity index (χ1n) is 8.05. The number of nitro groups is 1. The molecule has 0 bridgehead atoms. The highest BCUT2D eigenvalue weighted by molar-refractivity contribution is 6.33. The second kappa shape index (κ2) is 7.74. The maximum Gasteiger partial charge on any atom is 0.288 e. The Morgan fingerprint density at radius 2 is 1.85 bits per heavy atom. The number of hydrogen-bond acceptors (Lipinski definition) is 4. The minimum absolute atomic E-state index is 0.0328. The highest BCUT2D eigenvalue weighted by Crippen LogP contribution is 2.30. The molecule has 0 heterocycles. The van der Waals surface area contributed by atoms with Crippen LogP contribution >= 0.6 is 11.6 Å². The smallest absolute Gasteiger partial charge is 0.288 e. The minimum Gasteiger partial charge on any atom is -0.484 e. The van der Waals surface area contributed by atoms with Gasteiger partial charge in [-0.25, -0.2) is 0 Å². The van der Waals surface area contributed by atoms with Gasteiger partial charge in [-0.05, 0) is 41.7 Å². The Morgan fingerprint density at radius 3 is 2.38 bits per heavy atom. The summed E-state index contributed by atoms with van der Waals surface area (Å²) in [4.78, 5) is 22.4. The number of nitrogens with zero attached hydrogens (tertiary/aromatic N) is 1. The van der Waals surface area contributed by atoms with Gasteiger partial charge in [0.2, 0.25) is 0 Å². The molecule has 138 valence electrons. The van der Waals surface area contributed by atoms with E-state index in [1.54, 1.807) is 6.92 Å². The lowest BCUT2D eigenvalue weighted by atomic mass is 9.87. The Hall–Kier alpha value is -2.60. The number of ether oxygens (including phenoxy) is 1. The number of carbonyl (C=O) groups excluding carboxylic acids is 1. The molecule has 1 N–H and O–H groups in total. The zero-order valence-corrected chi connectivity index (χ0v) is 15.9. The number of amides is 1. The lowest BCUT2D eigenvalue weighted by Crippen LogP contribution is -2.20. The van der Waals surface area contributed by atoms with E-state index in [9.17, 15) is 14.9 Å². The molecule has 0 aliphatic heterocycles. The number of nitro benzene ring substituents is 1. The molecule has 2 aromatic carbocycles. The zero-order chi connectivity index (χ0) is 19.5. The van der Waals surface area contributed by atoms with E-state index in [-0.39, 0.29) is 28.6 Å². The molecule has 0 radical (unpaired) electrons. The summed E-state index contributed by atoms with van der Waals surface area (Å²) in [7, 11) is 0. The largest absolute Gasteiger partial charge is 0.484 e. The maximum atomic E-state index is 12.1. The molecule has 7 heteroatoms. The summed E-state index contributed by atoms with van der Waals surface area (Å²) in [6.07, 6.45) is 0. The molecule has 2 rings (SSSR count). The van der Waals surface area contributed by atoms with Crippen molar-refractivity contribution in [2.75, 3.05) is 11.9 Å². The van der Waals surface area contributed by atoms with Gasteiger partial charge < -0.3 is 10.1 Å². The fourth-order valence-electron chi connectivity index (χ4n) is 2.33. The average Bonchev–Trinajstić information content (AvgIpc) is 2.55. The van der Waals surface area contributed by atoms with Crippen LogP contribution in [-0.4, -0.2) is 17.4 Å². The van der Waals surface area contributed by atoms with Crippen LogP contribution in [0.5, 0.6) is 5.75 Å². The maximum absolute atomic E-state index is 12.1. The monoisotopic (exact) mass is 376 g/mol. The fourth-order valence-corrected chi connectivity index (χ4v) is 2.56. The van der Waals surface area contributed by atoms with Crippen LogP contribution in [0.2, 0.25) is 5.02 Å². The predicted molar refractivity (Wildman–Crippen MR) is 102 cm³/mol. The van der Waals surface area contributed by atoms with Crippen molar-refractivity contribution >= 4 is 28.9 Å². The van der Waals surface area contributed by atoms with Crippen molar-refractivity contribution in [3.05, 3.63) is 62.7 Å². The third-order valence-electron chi connectivity index (χ3n) is 3.85. The summed E-state index contributed by atoms with van der Waals surface area (Å²) in [6.45, 7) is 7.84. The summed E-state index contributed by atoms with van der Waals surface area (Å²) in [6, 6.07) is 10.3. The number of rotatable bonds is 5. The number of halogens is 1. The highest BCUT2D eigenvalue weighted by atomic mass is 35.5. The van der Waals surface area contributed by atoms with Crippen LogP contribution in [0.25, 0.3) is 0 Å². The normalized spacial score (nSPS) is 11.1. The van der Waals surface area contributed by atoms with Crippen LogP contribution < -0.4 is 10.1 Å². The van der Waals surface area contributed by atoms with Crippen molar-refractivity contribution in [2.24, 2.45) is 0 Å². The predicted octanol–water partition coefficient (Wildman–Crippen LogP) is 4.87. The first-order chi connectivity index (χ1) is 12.1. The van der Waals surface area contributed by atoms with Gasteiger partial charge in [-0.15, -0.1) is 0 Å². The standard InChI is InChI=1S/C19H21ClN2O4/c1-12-9-17(22(24)25)15(20)10-16(12)21-18(23)11-26-14-7-5-13(6-8-14)19(2,3)4/h5-10H,11H2,1-4H3,(H,21,23). The van der Waals surface area contributed by atoms with Crippen LogP contribution in [0.1, 0.15) is 31.9 Å². The highest BCUT2D eigenvalue weighted by Gasteiger charge is 2.17. The van der Waals surface area contributed by atoms with E-state index >= 15 is 0 Å². The quantitative estimate of drug-likeness (QED) is 0.596. The molecule has 26 heavy (non-hydrogen) atoms. The van der Waals surface area contributed by atoms with Gasteiger partial charge in [-0.3, -0.25) is 14.9 Å². The Morgan fingerprint density at radius 1 is 1.23 bits per heavy atom. The number of hydrogen-bond donors (Lipinski definition) is 1. The average molecular weight is 377 g/mol. The topological polar surface area (TPSA) is 81.5 Å². The van der Waals surface area contributed by atoms with Crippen LogP contribution in [-0.2, 0) is 10.2 Å². The SMILES string of the molecule is Cc1cc([N+](=O)[O-])c(Cl)cc1NC(=O)COc1ccc(C(C)(C)C)cc1. The third-order valence-corrected chi connectivity index (χ3v) is 4.16. The van der Waals surface area contributed by atoms with E-state index in [1.165, 1.54) is 17.7 Å². The molecule has 0 atom stereocenters. The van der Waals surface area contributed by atoms with Gasteiger partial charge in [0.1, 0.15) is 10.8 Å². The molecule has 0 fully saturated rings. The van der Waals surface area contributed by atoms with Crippen LogP contribution in [0.15, 0.2) is 36.4 Å². The Bertz CT molecular complexity index is 827. The molecule has 0 unspecified atom stereocenters. The molecule has 0 aliphatic rings. The molecule has 0 saturated carbocycles. The fraction of sp³-hybridized carbons (Fsp3) is 0.316. The molecule has 1 amide bonds.